The minimum Gasteiger partial charge on any atom is -0.340 e. The molecular weight excluding hydrogens is 282 g/mol. The van der Waals surface area contributed by atoms with Gasteiger partial charge in [-0.05, 0) is 38.3 Å². The summed E-state index contributed by atoms with van der Waals surface area (Å²) < 4.78 is 0.610. The quantitative estimate of drug-likeness (QED) is 0.794. The van der Waals surface area contributed by atoms with Crippen LogP contribution in [-0.4, -0.2) is 29.2 Å². The molecule has 1 aliphatic rings. The summed E-state index contributed by atoms with van der Waals surface area (Å²) in [6.45, 7) is 2.91. The van der Waals surface area contributed by atoms with Crippen LogP contribution in [0.5, 0.6) is 0 Å². The molecule has 0 radical (unpaired) electrons. The maximum Gasteiger partial charge on any atom is 0.223 e. The standard InChI is InChI=1S/C14H18ClNO2S/c1-10-4-2-3-9-16(10)14(18)8-5-11(17)12-6-7-13(15)19-12/h6-7,10H,2-5,8-9H2,1H3. The van der Waals surface area contributed by atoms with Crippen LogP contribution < -0.4 is 0 Å². The molecule has 1 atom stereocenters. The molecule has 1 fully saturated rings. The van der Waals surface area contributed by atoms with Crippen LogP contribution in [0.2, 0.25) is 4.34 Å². The van der Waals surface area contributed by atoms with Crippen molar-refractivity contribution in [2.75, 3.05) is 6.54 Å². The second-order valence-electron chi connectivity index (χ2n) is 4.96. The Kier molecular flexibility index (Phi) is 4.99. The highest BCUT2D eigenvalue weighted by Crippen LogP contribution is 2.23. The van der Waals surface area contributed by atoms with Crippen molar-refractivity contribution in [1.82, 2.24) is 4.90 Å². The van der Waals surface area contributed by atoms with Crippen LogP contribution in [0.15, 0.2) is 12.1 Å². The summed E-state index contributed by atoms with van der Waals surface area (Å²) in [6.07, 6.45) is 3.92. The Bertz CT molecular complexity index is 472. The molecule has 1 amide bonds. The fraction of sp³-hybridized carbons (Fsp3) is 0.571. The average Bonchev–Trinajstić information content (AvgIpc) is 2.83. The number of nitrogens with zero attached hydrogens (tertiary/aromatic N) is 1. The van der Waals surface area contributed by atoms with E-state index in [4.69, 9.17) is 11.6 Å². The van der Waals surface area contributed by atoms with Crippen molar-refractivity contribution in [1.29, 1.82) is 0 Å². The highest BCUT2D eigenvalue weighted by molar-refractivity contribution is 7.18. The Hall–Kier alpha value is -0.870. The molecule has 104 valence electrons. The summed E-state index contributed by atoms with van der Waals surface area (Å²) in [5.41, 5.74) is 0. The third kappa shape index (κ3) is 3.80. The van der Waals surface area contributed by atoms with Crippen molar-refractivity contribution in [2.24, 2.45) is 0 Å². The molecule has 0 bridgehead atoms. The second kappa shape index (κ2) is 6.53. The summed E-state index contributed by atoms with van der Waals surface area (Å²) in [6, 6.07) is 3.75. The lowest BCUT2D eigenvalue weighted by atomic mass is 10.0. The van der Waals surface area contributed by atoms with E-state index in [1.165, 1.54) is 17.8 Å². The van der Waals surface area contributed by atoms with Crippen molar-refractivity contribution >= 4 is 34.6 Å². The lowest BCUT2D eigenvalue weighted by Gasteiger charge is -2.33. The summed E-state index contributed by atoms with van der Waals surface area (Å²) >= 11 is 7.07. The number of ketones is 1. The molecule has 5 heteroatoms. The number of carbonyl (C=O) groups excluding carboxylic acids is 2. The summed E-state index contributed by atoms with van der Waals surface area (Å²) in [7, 11) is 0. The van der Waals surface area contributed by atoms with Crippen molar-refractivity contribution in [3.8, 4) is 0 Å². The van der Waals surface area contributed by atoms with Gasteiger partial charge in [-0.3, -0.25) is 9.59 Å². The van der Waals surface area contributed by atoms with E-state index in [1.54, 1.807) is 12.1 Å². The lowest BCUT2D eigenvalue weighted by Crippen LogP contribution is -2.42. The first-order valence-corrected chi connectivity index (χ1v) is 7.85. The van der Waals surface area contributed by atoms with Crippen molar-refractivity contribution in [2.45, 2.75) is 45.1 Å². The molecular formula is C14H18ClNO2S. The van der Waals surface area contributed by atoms with Gasteiger partial charge in [-0.2, -0.15) is 0 Å². The van der Waals surface area contributed by atoms with Gasteiger partial charge in [0, 0.05) is 25.4 Å². The summed E-state index contributed by atoms with van der Waals surface area (Å²) in [4.78, 5) is 26.6. The molecule has 0 aromatic carbocycles. The minimum absolute atomic E-state index is 0.00918. The summed E-state index contributed by atoms with van der Waals surface area (Å²) in [5.74, 6) is 0.109. The van der Waals surface area contributed by atoms with E-state index >= 15 is 0 Å². The Morgan fingerprint density at radius 1 is 1.37 bits per heavy atom. The Labute approximate surface area is 122 Å². The Morgan fingerprint density at radius 3 is 2.79 bits per heavy atom. The number of rotatable bonds is 4. The molecule has 2 heterocycles. The van der Waals surface area contributed by atoms with Crippen LogP contribution in [0.4, 0.5) is 0 Å². The molecule has 1 aliphatic heterocycles. The first kappa shape index (κ1) is 14.5. The highest BCUT2D eigenvalue weighted by atomic mass is 35.5. The van der Waals surface area contributed by atoms with Crippen LogP contribution in [0, 0.1) is 0 Å². The van der Waals surface area contributed by atoms with Gasteiger partial charge in [0.1, 0.15) is 0 Å². The number of carbonyl (C=O) groups is 2. The Morgan fingerprint density at radius 2 is 2.16 bits per heavy atom. The zero-order chi connectivity index (χ0) is 13.8. The number of hydrogen-bond donors (Lipinski definition) is 0. The van der Waals surface area contributed by atoms with Crippen LogP contribution >= 0.6 is 22.9 Å². The van der Waals surface area contributed by atoms with Gasteiger partial charge in [0.05, 0.1) is 9.21 Å². The number of likely N-dealkylation sites (tertiary alicyclic amines) is 1. The smallest absolute Gasteiger partial charge is 0.223 e. The first-order valence-electron chi connectivity index (χ1n) is 6.66. The van der Waals surface area contributed by atoms with Crippen LogP contribution in [0.25, 0.3) is 0 Å². The minimum atomic E-state index is 0.00918. The molecule has 2 rings (SSSR count). The number of thiophene rings is 1. The molecule has 1 aromatic rings. The molecule has 19 heavy (non-hydrogen) atoms. The number of amides is 1. The number of halogens is 1. The number of Topliss-reactive ketones (excluding diaryl/α,β-unsaturated/α-hetero) is 1. The van der Waals surface area contributed by atoms with E-state index in [0.717, 1.165) is 19.4 Å². The Balaban J connectivity index is 1.84. The van der Waals surface area contributed by atoms with Gasteiger partial charge in [0.15, 0.2) is 5.78 Å². The zero-order valence-corrected chi connectivity index (χ0v) is 12.6. The average molecular weight is 300 g/mol. The van der Waals surface area contributed by atoms with Crippen molar-refractivity contribution in [3.63, 3.8) is 0 Å². The van der Waals surface area contributed by atoms with E-state index in [1.807, 2.05) is 4.90 Å². The van der Waals surface area contributed by atoms with Gasteiger partial charge >= 0.3 is 0 Å². The van der Waals surface area contributed by atoms with Gasteiger partial charge in [0.25, 0.3) is 0 Å². The molecule has 1 unspecified atom stereocenters. The van der Waals surface area contributed by atoms with E-state index in [-0.39, 0.29) is 18.1 Å². The highest BCUT2D eigenvalue weighted by Gasteiger charge is 2.23. The van der Waals surface area contributed by atoms with Gasteiger partial charge in [-0.1, -0.05) is 11.6 Å². The molecule has 0 saturated carbocycles. The predicted octanol–water partition coefficient (Wildman–Crippen LogP) is 3.77. The van der Waals surface area contributed by atoms with E-state index in [9.17, 15) is 9.59 Å². The van der Waals surface area contributed by atoms with Gasteiger partial charge < -0.3 is 4.90 Å². The fourth-order valence-electron chi connectivity index (χ4n) is 2.42. The lowest BCUT2D eigenvalue weighted by molar-refractivity contribution is -0.134. The number of hydrogen-bond acceptors (Lipinski definition) is 3. The predicted molar refractivity (Wildman–Crippen MR) is 77.9 cm³/mol. The third-order valence-electron chi connectivity index (χ3n) is 3.54. The molecule has 0 aliphatic carbocycles. The topological polar surface area (TPSA) is 37.4 Å². The van der Waals surface area contributed by atoms with Crippen LogP contribution in [0.3, 0.4) is 0 Å². The third-order valence-corrected chi connectivity index (χ3v) is 4.81. The normalized spacial score (nSPS) is 19.5. The molecule has 0 spiro atoms. The first-order chi connectivity index (χ1) is 9.08. The molecule has 0 N–H and O–H groups in total. The maximum absolute atomic E-state index is 12.1. The molecule has 1 saturated heterocycles. The van der Waals surface area contributed by atoms with E-state index < -0.39 is 0 Å². The van der Waals surface area contributed by atoms with Gasteiger partial charge in [-0.25, -0.2) is 0 Å². The van der Waals surface area contributed by atoms with Gasteiger partial charge in [0.2, 0.25) is 5.91 Å². The zero-order valence-electron chi connectivity index (χ0n) is 11.0. The van der Waals surface area contributed by atoms with Gasteiger partial charge in [-0.15, -0.1) is 11.3 Å². The van der Waals surface area contributed by atoms with Crippen LogP contribution in [0.1, 0.15) is 48.7 Å². The largest absolute Gasteiger partial charge is 0.340 e. The monoisotopic (exact) mass is 299 g/mol. The SMILES string of the molecule is CC1CCCCN1C(=O)CCC(=O)c1ccc(Cl)s1. The van der Waals surface area contributed by atoms with Crippen LogP contribution in [-0.2, 0) is 4.79 Å². The molecule has 1 aromatic heterocycles. The maximum atomic E-state index is 12.1. The fourth-order valence-corrected chi connectivity index (χ4v) is 3.43. The van der Waals surface area contributed by atoms with E-state index in [0.29, 0.717) is 21.7 Å². The van der Waals surface area contributed by atoms with E-state index in [2.05, 4.69) is 6.92 Å². The second-order valence-corrected chi connectivity index (χ2v) is 6.67. The summed E-state index contributed by atoms with van der Waals surface area (Å²) in [5, 5.41) is 0. The van der Waals surface area contributed by atoms with Crippen molar-refractivity contribution < 1.29 is 9.59 Å². The van der Waals surface area contributed by atoms with Crippen molar-refractivity contribution in [3.05, 3.63) is 21.3 Å². The number of piperidine rings is 1. The molecule has 3 nitrogen and oxygen atoms in total.